The van der Waals surface area contributed by atoms with E-state index in [1.807, 2.05) is 0 Å². The maximum absolute atomic E-state index is 5.40. The predicted molar refractivity (Wildman–Crippen MR) is 72.3 cm³/mol. The summed E-state index contributed by atoms with van der Waals surface area (Å²) in [6, 6.07) is 0. The molecule has 0 atom stereocenters. The first-order valence-electron chi connectivity index (χ1n) is 6.17. The Kier molecular flexibility index (Phi) is 4.04. The molecule has 0 aromatic carbocycles. The van der Waals surface area contributed by atoms with Gasteiger partial charge in [-0.05, 0) is 12.8 Å². The molecule has 0 amide bonds. The fraction of sp³-hybridized carbons (Fsp3) is 0.500. The average molecular weight is 294 g/mol. The van der Waals surface area contributed by atoms with Crippen LogP contribution in [0.15, 0.2) is 17.8 Å². The number of nitrogen functional groups attached to an aromatic ring is 1. The third-order valence-corrected chi connectivity index (χ3v) is 3.99. The quantitative estimate of drug-likeness (QED) is 0.594. The number of hydrazine groups is 1. The van der Waals surface area contributed by atoms with Crippen LogP contribution in [0, 0.1) is 0 Å². The third-order valence-electron chi connectivity index (χ3n) is 2.80. The Morgan fingerprint density at radius 2 is 2.15 bits per heavy atom. The molecule has 0 bridgehead atoms. The lowest BCUT2D eigenvalue weighted by molar-refractivity contribution is 0.1000. The number of nitrogens with zero attached hydrogens (tertiary/aromatic N) is 6. The molecule has 0 unspecified atom stereocenters. The minimum absolute atomic E-state index is 0.306. The summed E-state index contributed by atoms with van der Waals surface area (Å²) in [5, 5.41) is 5.07. The van der Waals surface area contributed by atoms with Crippen molar-refractivity contribution in [3.8, 4) is 5.95 Å². The molecule has 0 aliphatic carbocycles. The molecule has 20 heavy (non-hydrogen) atoms. The summed E-state index contributed by atoms with van der Waals surface area (Å²) < 4.78 is 6.81. The van der Waals surface area contributed by atoms with Gasteiger partial charge in [-0.25, -0.2) is 10.8 Å². The number of nitrogens with one attached hydrogen (secondary N) is 1. The van der Waals surface area contributed by atoms with Crippen LogP contribution in [0.2, 0.25) is 0 Å². The normalized spacial score (nSPS) is 16.2. The second-order valence-electron chi connectivity index (χ2n) is 4.16. The van der Waals surface area contributed by atoms with Crippen molar-refractivity contribution in [2.45, 2.75) is 23.2 Å². The molecule has 3 N–H and O–H groups in total. The van der Waals surface area contributed by atoms with Gasteiger partial charge in [-0.15, -0.1) is 0 Å². The number of hydrogen-bond donors (Lipinski definition) is 2. The fourth-order valence-corrected chi connectivity index (χ4v) is 2.82. The van der Waals surface area contributed by atoms with Crippen molar-refractivity contribution >= 4 is 17.7 Å². The highest BCUT2D eigenvalue weighted by molar-refractivity contribution is 7.99. The Labute approximate surface area is 119 Å². The van der Waals surface area contributed by atoms with Gasteiger partial charge in [0, 0.05) is 18.5 Å². The highest BCUT2D eigenvalue weighted by Crippen LogP contribution is 2.27. The van der Waals surface area contributed by atoms with E-state index in [1.165, 1.54) is 17.3 Å². The van der Waals surface area contributed by atoms with Crippen LogP contribution in [-0.2, 0) is 4.74 Å². The maximum atomic E-state index is 5.40. The number of hydrogen-bond acceptors (Lipinski definition) is 9. The van der Waals surface area contributed by atoms with Gasteiger partial charge in [0.25, 0.3) is 5.95 Å². The van der Waals surface area contributed by atoms with Gasteiger partial charge in [-0.3, -0.25) is 5.43 Å². The number of thioether (sulfide) groups is 1. The largest absolute Gasteiger partial charge is 0.381 e. The van der Waals surface area contributed by atoms with E-state index >= 15 is 0 Å². The van der Waals surface area contributed by atoms with Crippen LogP contribution in [0.4, 0.5) is 5.95 Å². The van der Waals surface area contributed by atoms with Crippen LogP contribution in [0.25, 0.3) is 5.95 Å². The molecule has 3 heterocycles. The summed E-state index contributed by atoms with van der Waals surface area (Å²) in [6.07, 6.45) is 4.92. The van der Waals surface area contributed by atoms with Crippen molar-refractivity contribution in [1.29, 1.82) is 0 Å². The Balaban J connectivity index is 1.84. The van der Waals surface area contributed by atoms with Gasteiger partial charge >= 0.3 is 0 Å². The van der Waals surface area contributed by atoms with Gasteiger partial charge in [0.15, 0.2) is 5.16 Å². The van der Waals surface area contributed by atoms with Gasteiger partial charge in [-0.1, -0.05) is 11.8 Å². The van der Waals surface area contributed by atoms with Gasteiger partial charge in [0.05, 0.1) is 0 Å². The standard InChI is InChI=1S/C10H14N8OS/c11-17-8-14-9(18-6-12-5-13-18)16-10(15-8)20-7-1-3-19-4-2-7/h5-7H,1-4,11H2,(H,14,15,16,17). The molecule has 0 radical (unpaired) electrons. The molecule has 9 nitrogen and oxygen atoms in total. The van der Waals surface area contributed by atoms with Gasteiger partial charge in [0.2, 0.25) is 5.95 Å². The topological polar surface area (TPSA) is 117 Å². The van der Waals surface area contributed by atoms with Gasteiger partial charge in [0.1, 0.15) is 12.7 Å². The molecule has 1 fully saturated rings. The molecule has 1 aliphatic heterocycles. The molecule has 106 valence electrons. The van der Waals surface area contributed by atoms with Crippen LogP contribution < -0.4 is 11.3 Å². The van der Waals surface area contributed by atoms with E-state index in [1.54, 1.807) is 11.8 Å². The highest BCUT2D eigenvalue weighted by atomic mass is 32.2. The Morgan fingerprint density at radius 3 is 2.85 bits per heavy atom. The van der Waals surface area contributed by atoms with E-state index in [9.17, 15) is 0 Å². The van der Waals surface area contributed by atoms with Crippen molar-refractivity contribution in [2.75, 3.05) is 18.6 Å². The zero-order valence-electron chi connectivity index (χ0n) is 10.6. The molecule has 0 spiro atoms. The number of ether oxygens (including phenoxy) is 1. The van der Waals surface area contributed by atoms with Crippen molar-refractivity contribution in [1.82, 2.24) is 29.7 Å². The number of aromatic nitrogens is 6. The molecule has 2 aromatic rings. The fourth-order valence-electron chi connectivity index (χ4n) is 1.82. The first-order valence-corrected chi connectivity index (χ1v) is 7.05. The summed E-state index contributed by atoms with van der Waals surface area (Å²) in [5.41, 5.74) is 2.45. The second kappa shape index (κ2) is 6.11. The minimum Gasteiger partial charge on any atom is -0.381 e. The van der Waals surface area contributed by atoms with Gasteiger partial charge < -0.3 is 4.74 Å². The summed E-state index contributed by atoms with van der Waals surface area (Å²) in [4.78, 5) is 16.7. The van der Waals surface area contributed by atoms with Crippen LogP contribution in [-0.4, -0.2) is 48.2 Å². The molecular formula is C10H14N8OS. The number of nitrogens with two attached hydrogens (primary N) is 1. The Hall–Kier alpha value is -1.78. The number of rotatable bonds is 4. The molecule has 3 rings (SSSR count). The van der Waals surface area contributed by atoms with E-state index in [4.69, 9.17) is 10.6 Å². The average Bonchev–Trinajstić information content (AvgIpc) is 3.02. The molecule has 0 saturated carbocycles. The lowest BCUT2D eigenvalue weighted by atomic mass is 10.2. The first-order chi connectivity index (χ1) is 9.85. The summed E-state index contributed by atoms with van der Waals surface area (Å²) in [6.45, 7) is 1.56. The van der Waals surface area contributed by atoms with E-state index in [2.05, 4.69) is 30.5 Å². The maximum Gasteiger partial charge on any atom is 0.257 e. The Morgan fingerprint density at radius 1 is 1.30 bits per heavy atom. The van der Waals surface area contributed by atoms with Crippen LogP contribution in [0.5, 0.6) is 0 Å². The second-order valence-corrected chi connectivity index (χ2v) is 5.42. The van der Waals surface area contributed by atoms with E-state index in [-0.39, 0.29) is 0 Å². The summed E-state index contributed by atoms with van der Waals surface area (Å²) in [5.74, 6) is 6.09. The van der Waals surface area contributed by atoms with Crippen molar-refractivity contribution in [2.24, 2.45) is 5.84 Å². The van der Waals surface area contributed by atoms with Crippen LogP contribution >= 0.6 is 11.8 Å². The van der Waals surface area contributed by atoms with Crippen molar-refractivity contribution < 1.29 is 4.74 Å². The molecule has 2 aromatic heterocycles. The molecular weight excluding hydrogens is 280 g/mol. The molecule has 10 heteroatoms. The smallest absolute Gasteiger partial charge is 0.257 e. The lowest BCUT2D eigenvalue weighted by Gasteiger charge is -2.20. The van der Waals surface area contributed by atoms with Crippen LogP contribution in [0.1, 0.15) is 12.8 Å². The highest BCUT2D eigenvalue weighted by Gasteiger charge is 2.18. The van der Waals surface area contributed by atoms with Gasteiger partial charge in [-0.2, -0.15) is 24.7 Å². The minimum atomic E-state index is 0.306. The summed E-state index contributed by atoms with van der Waals surface area (Å²) in [7, 11) is 0. The van der Waals surface area contributed by atoms with Crippen molar-refractivity contribution in [3.05, 3.63) is 12.7 Å². The zero-order chi connectivity index (χ0) is 13.8. The van der Waals surface area contributed by atoms with Crippen molar-refractivity contribution in [3.63, 3.8) is 0 Å². The number of anilines is 1. The van der Waals surface area contributed by atoms with Crippen LogP contribution in [0.3, 0.4) is 0 Å². The summed E-state index contributed by atoms with van der Waals surface area (Å²) >= 11 is 1.61. The monoisotopic (exact) mass is 294 g/mol. The van der Waals surface area contributed by atoms with E-state index in [0.29, 0.717) is 22.3 Å². The lowest BCUT2D eigenvalue weighted by Crippen LogP contribution is -2.19. The first kappa shape index (κ1) is 13.2. The SMILES string of the molecule is NNc1nc(SC2CCOCC2)nc(-n2cncn2)n1. The predicted octanol–water partition coefficient (Wildman–Crippen LogP) is 0.00900. The molecule has 1 aliphatic rings. The van der Waals surface area contributed by atoms with E-state index in [0.717, 1.165) is 26.1 Å². The third kappa shape index (κ3) is 3.03. The Bertz CT molecular complexity index is 556. The van der Waals surface area contributed by atoms with E-state index < -0.39 is 0 Å². The zero-order valence-corrected chi connectivity index (χ0v) is 11.5. The molecule has 1 saturated heterocycles.